The third kappa shape index (κ3) is 16.3. The van der Waals surface area contributed by atoms with Crippen molar-refractivity contribution < 1.29 is 134 Å². The van der Waals surface area contributed by atoms with E-state index in [2.05, 4.69) is 52.7 Å². The molecule has 0 radical (unpaired) electrons. The van der Waals surface area contributed by atoms with Crippen molar-refractivity contribution in [1.29, 1.82) is 0 Å². The van der Waals surface area contributed by atoms with Crippen LogP contribution in [0.5, 0.6) is 0 Å². The van der Waals surface area contributed by atoms with Gasteiger partial charge in [-0.15, -0.1) is 0 Å². The van der Waals surface area contributed by atoms with Gasteiger partial charge in [0.05, 0.1) is 50.8 Å². The number of rotatable bonds is 26. The van der Waals surface area contributed by atoms with Gasteiger partial charge in [0.2, 0.25) is 0 Å². The number of aliphatic hydroxyl groups excluding tert-OH is 15. The van der Waals surface area contributed by atoms with E-state index in [9.17, 15) is 76.6 Å². The molecule has 0 bridgehead atoms. The van der Waals surface area contributed by atoms with Crippen molar-refractivity contribution in [3.8, 4) is 0 Å². The fraction of sp³-hybridized carbons (Fsp3) is 0.963. The summed E-state index contributed by atoms with van der Waals surface area (Å²) in [6.07, 6.45) is -27.3. The molecule has 0 aromatic rings. The van der Waals surface area contributed by atoms with Gasteiger partial charge < -0.3 is 120 Å². The van der Waals surface area contributed by atoms with Crippen LogP contribution in [0.1, 0.15) is 107 Å². The van der Waals surface area contributed by atoms with Crippen molar-refractivity contribution in [1.82, 2.24) is 0 Å². The monoisotopic (exact) mass is 1180 g/mol. The van der Waals surface area contributed by atoms with E-state index in [-0.39, 0.29) is 35.5 Å². The molecule has 0 spiro atoms. The Hall–Kier alpha value is -1.34. The summed E-state index contributed by atoms with van der Waals surface area (Å²) in [4.78, 5) is 9.77. The summed E-state index contributed by atoms with van der Waals surface area (Å²) in [6, 6.07) is 0. The highest BCUT2D eigenvalue weighted by Gasteiger charge is 2.54. The topological polar surface area (TPSA) is 425 Å². The second-order valence-corrected chi connectivity index (χ2v) is 24.9. The first-order chi connectivity index (χ1) is 38.0. The summed E-state index contributed by atoms with van der Waals surface area (Å²) in [5, 5.41) is 173. The third-order valence-corrected chi connectivity index (χ3v) is 18.3. The Morgan fingerprint density at radius 1 is 0.642 bits per heavy atom. The Bertz CT molecular complexity index is 1910. The van der Waals surface area contributed by atoms with Gasteiger partial charge >= 0.3 is 0 Å². The van der Waals surface area contributed by atoms with Crippen LogP contribution in [0.25, 0.3) is 0 Å². The van der Waals surface area contributed by atoms with Crippen molar-refractivity contribution in [2.45, 2.75) is 253 Å². The maximum Gasteiger partial charge on any atom is 0.187 e. The first-order valence-electron chi connectivity index (χ1n) is 28.5. The lowest BCUT2D eigenvalue weighted by molar-refractivity contribution is -0.545. The minimum Gasteiger partial charge on any atom is -0.394 e. The molecule has 2 aliphatic carbocycles. The van der Waals surface area contributed by atoms with E-state index < -0.39 is 192 Å². The average molecular weight is 1180 g/mol. The molecule has 24 unspecified atom stereocenters. The number of ether oxygens (including phenoxy) is 8. The Labute approximate surface area is 472 Å². The molecule has 0 amide bonds. The van der Waals surface area contributed by atoms with E-state index in [1.54, 1.807) is 0 Å². The summed E-state index contributed by atoms with van der Waals surface area (Å²) >= 11 is 0. The molecule has 0 aromatic heterocycles. The highest BCUT2D eigenvalue weighted by molar-refractivity contribution is 5.21. The van der Waals surface area contributed by atoms with Crippen molar-refractivity contribution in [3.05, 3.63) is 11.6 Å². The fourth-order valence-corrected chi connectivity index (χ4v) is 12.4. The van der Waals surface area contributed by atoms with E-state index in [1.807, 2.05) is 0 Å². The second-order valence-electron chi connectivity index (χ2n) is 24.9. The molecule has 6 aliphatic rings. The van der Waals surface area contributed by atoms with E-state index in [0.29, 0.717) is 12.8 Å². The molecule has 6 rings (SSSR count). The molecular formula is C54H96O27. The molecular weight excluding hydrogens is 1080 g/mol. The molecule has 28 atom stereocenters. The van der Waals surface area contributed by atoms with E-state index in [1.165, 1.54) is 19.4 Å². The maximum atomic E-state index is 11.7. The van der Waals surface area contributed by atoms with Crippen LogP contribution in [0.15, 0.2) is 11.6 Å². The summed E-state index contributed by atoms with van der Waals surface area (Å²) in [5.41, 5.74) is -0.950. The first-order valence-corrected chi connectivity index (χ1v) is 28.5. The minimum atomic E-state index is -1.92. The highest BCUT2D eigenvalue weighted by Crippen LogP contribution is 2.52. The standard InChI is InChI=1S/C54H96O27/c1-24(27-15-16-54(8,17-27)26(3)11-12-29-25(2)10-13-34(52(29,4)5)77-49-45(69)42(66)46(32(21-58)75-49)80-81-72-22-28(59)18-55)9-14-35(53(6,7)70)78-51-47(79-50-44(68)40(64)37(61)31(20-57)74-50)41(65)38(62)33(76-51)23-71-48-43(67)39(63)36(60)30(19-56)73-48/h12,24-28,30-51,55-70H,9-11,13-23H2,1-8H3/b29-12+/t24-,25?,26?,27+,28?,30?,31?,32?,33?,34+,35?,36?,37?,38?,39?,40?,41?,42?,43?,44?,45?,46?,47?,48?,49?,50?,51?,54-/m1/s1. The SMILES string of the molecule is CC1CC[C@H](OC2OC(CO)C(OOOCC(O)CO)C(O)C2O)C(C)(C)/C1=C/CC(C)[C@]1(C)CC[C@H]([C@H](C)CCC(OC2OC(COC3OC(CO)C(O)C(O)C3O)C(O)C(O)C2OC2OC(CO)C(O)C(O)C2O)C(C)(C)O)C1. The predicted molar refractivity (Wildman–Crippen MR) is 276 cm³/mol. The normalized spacial score (nSPS) is 44.5. The van der Waals surface area contributed by atoms with Crippen LogP contribution in [0, 0.1) is 34.5 Å². The molecule has 2 saturated carbocycles. The molecule has 81 heavy (non-hydrogen) atoms. The van der Waals surface area contributed by atoms with Gasteiger partial charge in [0.1, 0.15) is 104 Å². The minimum absolute atomic E-state index is 0.0455. The summed E-state index contributed by atoms with van der Waals surface area (Å²) in [7, 11) is 0. The first kappa shape index (κ1) is 68.8. The van der Waals surface area contributed by atoms with Gasteiger partial charge in [0.15, 0.2) is 31.3 Å². The van der Waals surface area contributed by atoms with Gasteiger partial charge in [-0.05, 0) is 94.3 Å². The van der Waals surface area contributed by atoms with Crippen LogP contribution in [-0.4, -0.2) is 268 Å². The fourth-order valence-electron chi connectivity index (χ4n) is 12.4. The number of hydrogen-bond acceptors (Lipinski definition) is 27. The van der Waals surface area contributed by atoms with Gasteiger partial charge in [-0.3, -0.25) is 0 Å². The van der Waals surface area contributed by atoms with Gasteiger partial charge in [0.25, 0.3) is 0 Å². The Balaban J connectivity index is 1.09. The van der Waals surface area contributed by atoms with Crippen LogP contribution in [0.4, 0.5) is 0 Å². The van der Waals surface area contributed by atoms with Gasteiger partial charge in [-0.25, -0.2) is 4.89 Å². The molecule has 4 saturated heterocycles. The zero-order valence-corrected chi connectivity index (χ0v) is 47.7. The third-order valence-electron chi connectivity index (χ3n) is 18.3. The lowest BCUT2D eigenvalue weighted by atomic mass is 9.65. The Morgan fingerprint density at radius 2 is 1.19 bits per heavy atom. The molecule has 4 aliphatic heterocycles. The predicted octanol–water partition coefficient (Wildman–Crippen LogP) is -3.35. The van der Waals surface area contributed by atoms with Crippen LogP contribution < -0.4 is 0 Å². The van der Waals surface area contributed by atoms with Gasteiger partial charge in [-0.1, -0.05) is 58.2 Å². The molecule has 6 fully saturated rings. The molecule has 27 heteroatoms. The lowest BCUT2D eigenvalue weighted by Gasteiger charge is -2.48. The Kier molecular flexibility index (Phi) is 25.1. The molecule has 4 heterocycles. The molecule has 0 aromatic carbocycles. The van der Waals surface area contributed by atoms with E-state index >= 15 is 0 Å². The van der Waals surface area contributed by atoms with E-state index in [0.717, 1.165) is 32.1 Å². The van der Waals surface area contributed by atoms with Crippen LogP contribution >= 0.6 is 0 Å². The number of aliphatic hydroxyl groups is 16. The van der Waals surface area contributed by atoms with Crippen LogP contribution in [0.3, 0.4) is 0 Å². The smallest absolute Gasteiger partial charge is 0.187 e. The average Bonchev–Trinajstić information content (AvgIpc) is 3.95. The maximum absolute atomic E-state index is 11.7. The summed E-state index contributed by atoms with van der Waals surface area (Å²) in [6.45, 7) is 12.3. The van der Waals surface area contributed by atoms with Crippen molar-refractivity contribution in [2.75, 3.05) is 39.6 Å². The van der Waals surface area contributed by atoms with Crippen LogP contribution in [0.2, 0.25) is 0 Å². The zero-order valence-electron chi connectivity index (χ0n) is 47.7. The molecule has 27 nitrogen and oxygen atoms in total. The highest BCUT2D eigenvalue weighted by atomic mass is 17.5. The zero-order chi connectivity index (χ0) is 60.1. The van der Waals surface area contributed by atoms with Crippen molar-refractivity contribution in [2.24, 2.45) is 34.5 Å². The van der Waals surface area contributed by atoms with Gasteiger partial charge in [0, 0.05) is 5.41 Å². The van der Waals surface area contributed by atoms with E-state index in [4.69, 9.17) is 52.8 Å². The lowest BCUT2D eigenvalue weighted by Crippen LogP contribution is -2.65. The summed E-state index contributed by atoms with van der Waals surface area (Å²) in [5.74, 6) is 0.873. The van der Waals surface area contributed by atoms with Crippen molar-refractivity contribution in [3.63, 3.8) is 0 Å². The second kappa shape index (κ2) is 29.6. The van der Waals surface area contributed by atoms with Crippen LogP contribution in [-0.2, 0) is 52.7 Å². The Morgan fingerprint density at radius 3 is 1.79 bits per heavy atom. The number of hydrogen-bond donors (Lipinski definition) is 16. The number of allylic oxidation sites excluding steroid dienone is 1. The molecule has 16 N–H and O–H groups in total. The van der Waals surface area contributed by atoms with Crippen molar-refractivity contribution >= 4 is 0 Å². The largest absolute Gasteiger partial charge is 0.394 e. The quantitative estimate of drug-likeness (QED) is 0.0174. The van der Waals surface area contributed by atoms with Gasteiger partial charge in [-0.2, -0.15) is 4.89 Å². The summed E-state index contributed by atoms with van der Waals surface area (Å²) < 4.78 is 47.7. The molecule has 474 valence electrons.